The Morgan fingerprint density at radius 3 is 2.69 bits per heavy atom. The number of benzene rings is 1. The van der Waals surface area contributed by atoms with Gasteiger partial charge in [0.15, 0.2) is 5.96 Å². The molecule has 6 heteroatoms. The molecule has 0 spiro atoms. The normalized spacial score (nSPS) is 14.3. The highest BCUT2D eigenvalue weighted by molar-refractivity contribution is 14.0. The monoisotopic (exact) mass is 468 g/mol. The van der Waals surface area contributed by atoms with Gasteiger partial charge in [-0.25, -0.2) is 4.99 Å². The third-order valence-electron chi connectivity index (χ3n) is 4.42. The Balaban J connectivity index is 0.00000243. The highest BCUT2D eigenvalue weighted by Crippen LogP contribution is 2.27. The van der Waals surface area contributed by atoms with Crippen molar-refractivity contribution in [1.82, 2.24) is 15.2 Å². The Morgan fingerprint density at radius 2 is 2.04 bits per heavy atom. The van der Waals surface area contributed by atoms with E-state index in [2.05, 4.69) is 53.0 Å². The molecule has 26 heavy (non-hydrogen) atoms. The highest BCUT2D eigenvalue weighted by atomic mass is 127. The van der Waals surface area contributed by atoms with Gasteiger partial charge in [0.25, 0.3) is 0 Å². The number of aromatic nitrogens is 1. The predicted molar refractivity (Wildman–Crippen MR) is 117 cm³/mol. The van der Waals surface area contributed by atoms with Gasteiger partial charge in [-0.2, -0.15) is 0 Å². The molecule has 1 aromatic carbocycles. The van der Waals surface area contributed by atoms with E-state index in [4.69, 9.17) is 4.74 Å². The summed E-state index contributed by atoms with van der Waals surface area (Å²) in [6, 6.07) is 10.4. The first-order valence-corrected chi connectivity index (χ1v) is 9.12. The molecular weight excluding hydrogens is 439 g/mol. The summed E-state index contributed by atoms with van der Waals surface area (Å²) in [5.74, 6) is 1.81. The van der Waals surface area contributed by atoms with Gasteiger partial charge in [0.2, 0.25) is 0 Å². The van der Waals surface area contributed by atoms with Crippen LogP contribution in [0.5, 0.6) is 5.75 Å². The van der Waals surface area contributed by atoms with Crippen LogP contribution in [0.25, 0.3) is 0 Å². The second kappa shape index (κ2) is 10.4. The number of nitrogens with zero attached hydrogens (tertiary/aromatic N) is 2. The Labute approximate surface area is 173 Å². The highest BCUT2D eigenvalue weighted by Gasteiger charge is 2.20. The largest absolute Gasteiger partial charge is 0.490 e. The number of ether oxygens (including phenoxy) is 1. The van der Waals surface area contributed by atoms with Gasteiger partial charge in [-0.15, -0.1) is 24.0 Å². The SMILES string of the molecule is CCNC(=NCc1ccn(C)c1)NCc1ccccc1OC1CCC1.I. The van der Waals surface area contributed by atoms with Gasteiger partial charge in [0.1, 0.15) is 5.75 Å². The average molecular weight is 468 g/mol. The lowest BCUT2D eigenvalue weighted by atomic mass is 9.96. The second-order valence-electron chi connectivity index (χ2n) is 6.51. The Hall–Kier alpha value is -1.70. The molecule has 0 bridgehead atoms. The van der Waals surface area contributed by atoms with Crippen LogP contribution < -0.4 is 15.4 Å². The summed E-state index contributed by atoms with van der Waals surface area (Å²) in [5, 5.41) is 6.72. The summed E-state index contributed by atoms with van der Waals surface area (Å²) >= 11 is 0. The van der Waals surface area contributed by atoms with Gasteiger partial charge in [-0.1, -0.05) is 18.2 Å². The maximum absolute atomic E-state index is 6.10. The first kappa shape index (κ1) is 20.6. The predicted octanol–water partition coefficient (Wildman–Crippen LogP) is 3.83. The van der Waals surface area contributed by atoms with Gasteiger partial charge in [-0.05, 0) is 43.9 Å². The summed E-state index contributed by atoms with van der Waals surface area (Å²) in [4.78, 5) is 4.67. The fourth-order valence-electron chi connectivity index (χ4n) is 2.78. The molecule has 1 saturated carbocycles. The van der Waals surface area contributed by atoms with E-state index in [0.29, 0.717) is 19.2 Å². The van der Waals surface area contributed by atoms with Crippen LogP contribution in [0.2, 0.25) is 0 Å². The molecule has 0 radical (unpaired) electrons. The van der Waals surface area contributed by atoms with Crippen LogP contribution in [0, 0.1) is 0 Å². The number of halogens is 1. The van der Waals surface area contributed by atoms with Crippen LogP contribution >= 0.6 is 24.0 Å². The van der Waals surface area contributed by atoms with Crippen LogP contribution in [0.4, 0.5) is 0 Å². The van der Waals surface area contributed by atoms with E-state index in [-0.39, 0.29) is 24.0 Å². The smallest absolute Gasteiger partial charge is 0.191 e. The van der Waals surface area contributed by atoms with Crippen molar-refractivity contribution in [2.45, 2.75) is 45.4 Å². The molecule has 5 nitrogen and oxygen atoms in total. The molecule has 1 aliphatic carbocycles. The Morgan fingerprint density at radius 1 is 1.23 bits per heavy atom. The number of nitrogens with one attached hydrogen (secondary N) is 2. The van der Waals surface area contributed by atoms with Crippen LogP contribution in [-0.2, 0) is 20.1 Å². The Kier molecular flexibility index (Phi) is 8.28. The summed E-state index contributed by atoms with van der Waals surface area (Å²) in [5.41, 5.74) is 2.37. The minimum Gasteiger partial charge on any atom is -0.490 e. The number of guanidine groups is 1. The van der Waals surface area contributed by atoms with Crippen molar-refractivity contribution in [3.8, 4) is 5.75 Å². The first-order valence-electron chi connectivity index (χ1n) is 9.12. The minimum atomic E-state index is 0. The van der Waals surface area contributed by atoms with Gasteiger partial charge in [-0.3, -0.25) is 0 Å². The van der Waals surface area contributed by atoms with Crippen LogP contribution in [0.3, 0.4) is 0 Å². The molecule has 0 amide bonds. The summed E-state index contributed by atoms with van der Waals surface area (Å²) in [6.45, 7) is 4.27. The van der Waals surface area contributed by atoms with Crippen LogP contribution in [0.15, 0.2) is 47.7 Å². The average Bonchev–Trinajstić information content (AvgIpc) is 3.00. The lowest BCUT2D eigenvalue weighted by Gasteiger charge is -2.27. The maximum Gasteiger partial charge on any atom is 0.191 e. The molecule has 0 atom stereocenters. The summed E-state index contributed by atoms with van der Waals surface area (Å²) < 4.78 is 8.14. The summed E-state index contributed by atoms with van der Waals surface area (Å²) in [7, 11) is 2.02. The van der Waals surface area contributed by atoms with E-state index in [9.17, 15) is 0 Å². The van der Waals surface area contributed by atoms with Crippen molar-refractivity contribution < 1.29 is 4.74 Å². The molecule has 2 N–H and O–H groups in total. The number of aryl methyl sites for hydroxylation is 1. The number of aliphatic imine (C=N–C) groups is 1. The molecule has 2 aromatic rings. The third kappa shape index (κ3) is 5.93. The number of rotatable bonds is 7. The molecule has 1 aliphatic rings. The molecule has 1 fully saturated rings. The molecule has 0 saturated heterocycles. The van der Waals surface area contributed by atoms with Crippen molar-refractivity contribution in [2.24, 2.45) is 12.0 Å². The molecule has 142 valence electrons. The first-order chi connectivity index (χ1) is 12.2. The Bertz CT molecular complexity index is 709. The summed E-state index contributed by atoms with van der Waals surface area (Å²) in [6.07, 6.45) is 8.14. The number of para-hydroxylation sites is 1. The molecule has 0 aliphatic heterocycles. The van der Waals surface area contributed by atoms with Crippen molar-refractivity contribution in [1.29, 1.82) is 0 Å². The molecule has 3 rings (SSSR count). The molecule has 1 aromatic heterocycles. The van der Waals surface area contributed by atoms with Gasteiger partial charge in [0, 0.05) is 38.1 Å². The van der Waals surface area contributed by atoms with E-state index in [0.717, 1.165) is 18.3 Å². The zero-order valence-electron chi connectivity index (χ0n) is 15.6. The zero-order chi connectivity index (χ0) is 17.5. The van der Waals surface area contributed by atoms with Crippen LogP contribution in [-0.4, -0.2) is 23.2 Å². The molecule has 0 unspecified atom stereocenters. The van der Waals surface area contributed by atoms with E-state index < -0.39 is 0 Å². The quantitative estimate of drug-likeness (QED) is 0.369. The maximum atomic E-state index is 6.10. The lowest BCUT2D eigenvalue weighted by molar-refractivity contribution is 0.119. The standard InChI is InChI=1S/C20H28N4O.HI/c1-3-21-20(22-13-16-11-12-24(2)15-16)23-14-17-7-4-5-10-19(17)25-18-8-6-9-18;/h4-5,7,10-12,15,18H,3,6,8-9,13-14H2,1-2H3,(H2,21,22,23);1H. The number of hydrogen-bond acceptors (Lipinski definition) is 2. The minimum absolute atomic E-state index is 0. The van der Waals surface area contributed by atoms with E-state index in [1.165, 1.54) is 30.4 Å². The van der Waals surface area contributed by atoms with Crippen molar-refractivity contribution in [3.05, 3.63) is 53.9 Å². The lowest BCUT2D eigenvalue weighted by Crippen LogP contribution is -2.37. The van der Waals surface area contributed by atoms with Gasteiger partial charge >= 0.3 is 0 Å². The third-order valence-corrected chi connectivity index (χ3v) is 4.42. The van der Waals surface area contributed by atoms with E-state index in [1.807, 2.05) is 23.9 Å². The molecular formula is C20H29IN4O. The number of hydrogen-bond donors (Lipinski definition) is 2. The van der Waals surface area contributed by atoms with Crippen molar-refractivity contribution in [2.75, 3.05) is 6.54 Å². The van der Waals surface area contributed by atoms with Gasteiger partial charge < -0.3 is 19.9 Å². The second-order valence-corrected chi connectivity index (χ2v) is 6.51. The van der Waals surface area contributed by atoms with Gasteiger partial charge in [0.05, 0.1) is 12.6 Å². The fraction of sp³-hybridized carbons (Fsp3) is 0.450. The zero-order valence-corrected chi connectivity index (χ0v) is 17.9. The molecule has 1 heterocycles. The topological polar surface area (TPSA) is 50.6 Å². The van der Waals surface area contributed by atoms with Crippen molar-refractivity contribution in [3.63, 3.8) is 0 Å². The van der Waals surface area contributed by atoms with Crippen molar-refractivity contribution >= 4 is 29.9 Å². The van der Waals surface area contributed by atoms with E-state index in [1.54, 1.807) is 0 Å². The fourth-order valence-corrected chi connectivity index (χ4v) is 2.78. The van der Waals surface area contributed by atoms with E-state index >= 15 is 0 Å². The van der Waals surface area contributed by atoms with Crippen LogP contribution in [0.1, 0.15) is 37.3 Å².